The Labute approximate surface area is 99.5 Å². The summed E-state index contributed by atoms with van der Waals surface area (Å²) in [5.41, 5.74) is -0.0532. The molecule has 1 unspecified atom stereocenters. The smallest absolute Gasteiger partial charge is 0.102 e. The summed E-state index contributed by atoms with van der Waals surface area (Å²) in [6, 6.07) is 0. The third kappa shape index (κ3) is 8.73. The van der Waals surface area contributed by atoms with Gasteiger partial charge in [-0.05, 0) is 13.3 Å². The number of rotatable bonds is 10. The van der Waals surface area contributed by atoms with Crippen molar-refractivity contribution >= 4 is 17.9 Å². The minimum absolute atomic E-state index is 0.0532. The molecule has 0 amide bonds. The number of halogens is 1. The molecule has 0 aliphatic rings. The van der Waals surface area contributed by atoms with Crippen LogP contribution in [0.15, 0.2) is 0 Å². The van der Waals surface area contributed by atoms with E-state index in [2.05, 4.69) is 6.92 Å². The molecular weight excluding hydrogens is 208 g/mol. The van der Waals surface area contributed by atoms with Gasteiger partial charge in [0.2, 0.25) is 0 Å². The SMILES string of the molecule is CCCCCCCCCN(C=N)C(C)Cl. The van der Waals surface area contributed by atoms with E-state index in [0.717, 1.165) is 13.0 Å². The van der Waals surface area contributed by atoms with Crippen LogP contribution in [0, 0.1) is 5.41 Å². The zero-order valence-corrected chi connectivity index (χ0v) is 10.9. The topological polar surface area (TPSA) is 27.1 Å². The van der Waals surface area contributed by atoms with E-state index in [1.807, 2.05) is 11.8 Å². The van der Waals surface area contributed by atoms with Gasteiger partial charge in [0.15, 0.2) is 0 Å². The van der Waals surface area contributed by atoms with Gasteiger partial charge in [0.1, 0.15) is 5.50 Å². The molecule has 0 aliphatic carbocycles. The Bertz CT molecular complexity index is 149. The van der Waals surface area contributed by atoms with Crippen molar-refractivity contribution in [1.82, 2.24) is 4.90 Å². The van der Waals surface area contributed by atoms with Crippen LogP contribution in [0.2, 0.25) is 0 Å². The van der Waals surface area contributed by atoms with Crippen LogP contribution in [0.5, 0.6) is 0 Å². The highest BCUT2D eigenvalue weighted by Gasteiger charge is 2.04. The minimum atomic E-state index is -0.0532. The molecule has 0 aliphatic heterocycles. The first-order chi connectivity index (χ1) is 7.22. The second-order valence-corrected chi connectivity index (χ2v) is 4.69. The second kappa shape index (κ2) is 10.3. The predicted octanol–water partition coefficient (Wildman–Crippen LogP) is 4.23. The van der Waals surface area contributed by atoms with Gasteiger partial charge in [0.25, 0.3) is 0 Å². The molecule has 0 heterocycles. The highest BCUT2D eigenvalue weighted by molar-refractivity contribution is 6.20. The Kier molecular flexibility index (Phi) is 10.1. The molecule has 0 aromatic rings. The van der Waals surface area contributed by atoms with E-state index < -0.39 is 0 Å². The quantitative estimate of drug-likeness (QED) is 0.197. The third-order valence-electron chi connectivity index (χ3n) is 2.64. The summed E-state index contributed by atoms with van der Waals surface area (Å²) >= 11 is 5.90. The molecule has 0 saturated carbocycles. The largest absolute Gasteiger partial charge is 0.347 e. The molecule has 0 spiro atoms. The molecule has 15 heavy (non-hydrogen) atoms. The van der Waals surface area contributed by atoms with Crippen molar-refractivity contribution in [1.29, 1.82) is 5.41 Å². The van der Waals surface area contributed by atoms with E-state index in [4.69, 9.17) is 17.0 Å². The Morgan fingerprint density at radius 3 is 2.13 bits per heavy atom. The molecule has 1 atom stereocenters. The average molecular weight is 233 g/mol. The van der Waals surface area contributed by atoms with Crippen LogP contribution in [0.4, 0.5) is 0 Å². The summed E-state index contributed by atoms with van der Waals surface area (Å²) in [7, 11) is 0. The van der Waals surface area contributed by atoms with Crippen molar-refractivity contribution in [2.45, 2.75) is 64.3 Å². The first-order valence-corrected chi connectivity index (χ1v) is 6.56. The van der Waals surface area contributed by atoms with Crippen LogP contribution in [0.3, 0.4) is 0 Å². The fourth-order valence-corrected chi connectivity index (χ4v) is 1.75. The number of nitrogens with one attached hydrogen (secondary N) is 1. The van der Waals surface area contributed by atoms with Gasteiger partial charge >= 0.3 is 0 Å². The van der Waals surface area contributed by atoms with E-state index in [0.29, 0.717) is 0 Å². The van der Waals surface area contributed by atoms with E-state index in [1.165, 1.54) is 44.9 Å². The number of alkyl halides is 1. The lowest BCUT2D eigenvalue weighted by Crippen LogP contribution is -2.28. The van der Waals surface area contributed by atoms with Crippen molar-refractivity contribution in [2.24, 2.45) is 0 Å². The van der Waals surface area contributed by atoms with Gasteiger partial charge in [-0.2, -0.15) is 0 Å². The molecule has 1 N–H and O–H groups in total. The highest BCUT2D eigenvalue weighted by Crippen LogP contribution is 2.08. The maximum absolute atomic E-state index is 7.18. The molecular formula is C12H25ClN2. The van der Waals surface area contributed by atoms with Crippen molar-refractivity contribution in [3.63, 3.8) is 0 Å². The van der Waals surface area contributed by atoms with Crippen LogP contribution in [-0.2, 0) is 0 Å². The van der Waals surface area contributed by atoms with Gasteiger partial charge < -0.3 is 4.90 Å². The maximum Gasteiger partial charge on any atom is 0.102 e. The average Bonchev–Trinajstić information content (AvgIpc) is 2.21. The first-order valence-electron chi connectivity index (χ1n) is 6.12. The zero-order chi connectivity index (χ0) is 11.5. The van der Waals surface area contributed by atoms with Crippen molar-refractivity contribution in [3.8, 4) is 0 Å². The predicted molar refractivity (Wildman–Crippen MR) is 68.8 cm³/mol. The third-order valence-corrected chi connectivity index (χ3v) is 2.89. The molecule has 0 fully saturated rings. The van der Waals surface area contributed by atoms with Crippen LogP contribution in [-0.4, -0.2) is 23.3 Å². The number of hydrogen-bond acceptors (Lipinski definition) is 1. The van der Waals surface area contributed by atoms with Crippen molar-refractivity contribution in [2.75, 3.05) is 6.54 Å². The standard InChI is InChI=1S/C12H25ClN2/c1-3-4-5-6-7-8-9-10-15(11-14)12(2)13/h11-12,14H,3-10H2,1-2H3. The van der Waals surface area contributed by atoms with Crippen LogP contribution < -0.4 is 0 Å². The van der Waals surface area contributed by atoms with Crippen molar-refractivity contribution in [3.05, 3.63) is 0 Å². The molecule has 2 nitrogen and oxygen atoms in total. The molecule has 0 radical (unpaired) electrons. The molecule has 90 valence electrons. The van der Waals surface area contributed by atoms with Gasteiger partial charge in [-0.15, -0.1) is 0 Å². The molecule has 0 aromatic heterocycles. The van der Waals surface area contributed by atoms with Gasteiger partial charge in [0, 0.05) is 6.54 Å². The number of unbranched alkanes of at least 4 members (excludes halogenated alkanes) is 6. The van der Waals surface area contributed by atoms with Gasteiger partial charge in [0.05, 0.1) is 6.34 Å². The Hall–Kier alpha value is -0.240. The lowest BCUT2D eigenvalue weighted by atomic mass is 10.1. The minimum Gasteiger partial charge on any atom is -0.347 e. The summed E-state index contributed by atoms with van der Waals surface area (Å²) in [6.45, 7) is 5.07. The monoisotopic (exact) mass is 232 g/mol. The van der Waals surface area contributed by atoms with Gasteiger partial charge in [-0.1, -0.05) is 57.0 Å². The fraction of sp³-hybridized carbons (Fsp3) is 0.917. The molecule has 0 saturated heterocycles. The van der Waals surface area contributed by atoms with E-state index in [-0.39, 0.29) is 5.50 Å². The number of nitrogens with zero attached hydrogens (tertiary/aromatic N) is 1. The summed E-state index contributed by atoms with van der Waals surface area (Å²) in [5, 5.41) is 7.18. The maximum atomic E-state index is 7.18. The molecule has 0 aromatic carbocycles. The van der Waals surface area contributed by atoms with Crippen molar-refractivity contribution < 1.29 is 0 Å². The van der Waals surface area contributed by atoms with E-state index >= 15 is 0 Å². The Balaban J connectivity index is 3.25. The van der Waals surface area contributed by atoms with E-state index in [9.17, 15) is 0 Å². The van der Waals surface area contributed by atoms with Crippen LogP contribution in [0.1, 0.15) is 58.8 Å². The lowest BCUT2D eigenvalue weighted by Gasteiger charge is -2.21. The van der Waals surface area contributed by atoms with Gasteiger partial charge in [-0.25, -0.2) is 0 Å². The first kappa shape index (κ1) is 14.8. The summed E-state index contributed by atoms with van der Waals surface area (Å²) in [4.78, 5) is 1.87. The summed E-state index contributed by atoms with van der Waals surface area (Å²) < 4.78 is 0. The van der Waals surface area contributed by atoms with E-state index in [1.54, 1.807) is 0 Å². The number of hydrogen-bond donors (Lipinski definition) is 1. The lowest BCUT2D eigenvalue weighted by molar-refractivity contribution is 0.397. The molecule has 0 rings (SSSR count). The van der Waals surface area contributed by atoms with Crippen LogP contribution >= 0.6 is 11.6 Å². The summed E-state index contributed by atoms with van der Waals surface area (Å²) in [6.07, 6.45) is 10.5. The molecule has 0 bridgehead atoms. The van der Waals surface area contributed by atoms with Gasteiger partial charge in [-0.3, -0.25) is 5.41 Å². The summed E-state index contributed by atoms with van der Waals surface area (Å²) in [5.74, 6) is 0. The van der Waals surface area contributed by atoms with Crippen LogP contribution in [0.25, 0.3) is 0 Å². The second-order valence-electron chi connectivity index (χ2n) is 4.06. The normalized spacial score (nSPS) is 12.5. The fourth-order valence-electron chi connectivity index (χ4n) is 1.60. The Morgan fingerprint density at radius 2 is 1.67 bits per heavy atom. The zero-order valence-electron chi connectivity index (χ0n) is 10.1. The molecule has 3 heteroatoms. The highest BCUT2D eigenvalue weighted by atomic mass is 35.5. The Morgan fingerprint density at radius 1 is 1.13 bits per heavy atom.